The van der Waals surface area contributed by atoms with Gasteiger partial charge in [-0.05, 0) is 19.3 Å². The predicted octanol–water partition coefficient (Wildman–Crippen LogP) is 2.33. The molecule has 17 heavy (non-hydrogen) atoms. The van der Waals surface area contributed by atoms with Gasteiger partial charge in [-0.15, -0.1) is 0 Å². The third-order valence-corrected chi connectivity index (χ3v) is 2.12. The van der Waals surface area contributed by atoms with Gasteiger partial charge in [0, 0.05) is 5.57 Å². The van der Waals surface area contributed by atoms with E-state index in [1.54, 1.807) is 6.08 Å². The van der Waals surface area contributed by atoms with Crippen LogP contribution in [0.3, 0.4) is 0 Å². The van der Waals surface area contributed by atoms with E-state index >= 15 is 0 Å². The van der Waals surface area contributed by atoms with Crippen LogP contribution >= 0.6 is 0 Å². The van der Waals surface area contributed by atoms with Crippen molar-refractivity contribution in [2.24, 2.45) is 0 Å². The van der Waals surface area contributed by atoms with Crippen molar-refractivity contribution >= 4 is 12.1 Å². The Morgan fingerprint density at radius 2 is 2.06 bits per heavy atom. The number of rotatable bonds is 6. The number of hydrogen-bond donors (Lipinski definition) is 0. The summed E-state index contributed by atoms with van der Waals surface area (Å²) in [7, 11) is 0. The van der Waals surface area contributed by atoms with Crippen molar-refractivity contribution < 1.29 is 23.8 Å². The average Bonchev–Trinajstić information content (AvgIpc) is 3.09. The van der Waals surface area contributed by atoms with Crippen LogP contribution in [-0.4, -0.2) is 25.0 Å². The van der Waals surface area contributed by atoms with Crippen LogP contribution in [0.2, 0.25) is 0 Å². The summed E-state index contributed by atoms with van der Waals surface area (Å²) in [5.74, 6) is -0.522. The van der Waals surface area contributed by atoms with Crippen LogP contribution in [0, 0.1) is 0 Å². The second kappa shape index (κ2) is 6.73. The molecule has 1 saturated carbocycles. The SMILES string of the molecule is C=CC=C(CC)C(=O)OCOC(=O)OC1CC1. The number of carbonyl (C=O) groups is 2. The quantitative estimate of drug-likeness (QED) is 0.308. The molecular formula is C12H16O5. The maximum absolute atomic E-state index is 11.4. The lowest BCUT2D eigenvalue weighted by atomic mass is 10.2. The Kier molecular flexibility index (Phi) is 5.26. The first-order chi connectivity index (χ1) is 8.17. The van der Waals surface area contributed by atoms with Gasteiger partial charge in [0.15, 0.2) is 0 Å². The second-order valence-corrected chi connectivity index (χ2v) is 3.54. The van der Waals surface area contributed by atoms with E-state index in [-0.39, 0.29) is 6.10 Å². The Labute approximate surface area is 100 Å². The van der Waals surface area contributed by atoms with E-state index in [4.69, 9.17) is 9.47 Å². The van der Waals surface area contributed by atoms with Gasteiger partial charge < -0.3 is 14.2 Å². The van der Waals surface area contributed by atoms with Crippen molar-refractivity contribution in [2.45, 2.75) is 32.3 Å². The molecule has 1 aliphatic carbocycles. The monoisotopic (exact) mass is 240 g/mol. The number of carbonyl (C=O) groups excluding carboxylic acids is 2. The van der Waals surface area contributed by atoms with E-state index in [2.05, 4.69) is 11.3 Å². The molecule has 1 rings (SSSR count). The summed E-state index contributed by atoms with van der Waals surface area (Å²) in [6.45, 7) is 4.88. The Bertz CT molecular complexity index is 328. The maximum Gasteiger partial charge on any atom is 0.511 e. The highest BCUT2D eigenvalue weighted by Crippen LogP contribution is 2.23. The van der Waals surface area contributed by atoms with E-state index in [0.717, 1.165) is 12.8 Å². The predicted molar refractivity (Wildman–Crippen MR) is 60.1 cm³/mol. The molecule has 5 nitrogen and oxygen atoms in total. The summed E-state index contributed by atoms with van der Waals surface area (Å²) >= 11 is 0. The fourth-order valence-electron chi connectivity index (χ4n) is 1.05. The van der Waals surface area contributed by atoms with Gasteiger partial charge in [0.1, 0.15) is 6.10 Å². The van der Waals surface area contributed by atoms with E-state index in [1.807, 2.05) is 6.92 Å². The molecule has 0 bridgehead atoms. The Morgan fingerprint density at radius 3 is 2.59 bits per heavy atom. The van der Waals surface area contributed by atoms with Gasteiger partial charge >= 0.3 is 12.1 Å². The summed E-state index contributed by atoms with van der Waals surface area (Å²) in [6, 6.07) is 0. The number of hydrogen-bond acceptors (Lipinski definition) is 5. The number of allylic oxidation sites excluding steroid dienone is 2. The molecule has 94 valence electrons. The van der Waals surface area contributed by atoms with Crippen LogP contribution in [0.4, 0.5) is 4.79 Å². The van der Waals surface area contributed by atoms with E-state index in [0.29, 0.717) is 12.0 Å². The van der Waals surface area contributed by atoms with Gasteiger partial charge in [0.25, 0.3) is 0 Å². The summed E-state index contributed by atoms with van der Waals surface area (Å²) in [4.78, 5) is 22.4. The molecule has 0 aromatic carbocycles. The molecule has 0 unspecified atom stereocenters. The molecule has 5 heteroatoms. The van der Waals surface area contributed by atoms with Gasteiger partial charge in [0.2, 0.25) is 6.79 Å². The van der Waals surface area contributed by atoms with Crippen LogP contribution in [-0.2, 0) is 19.0 Å². The molecule has 0 heterocycles. The third-order valence-electron chi connectivity index (χ3n) is 2.12. The molecule has 0 amide bonds. The van der Waals surface area contributed by atoms with Crippen molar-refractivity contribution in [3.05, 3.63) is 24.3 Å². The first-order valence-electron chi connectivity index (χ1n) is 5.49. The first kappa shape index (κ1) is 13.3. The highest BCUT2D eigenvalue weighted by Gasteiger charge is 2.26. The van der Waals surface area contributed by atoms with E-state index in [1.165, 1.54) is 6.08 Å². The van der Waals surface area contributed by atoms with Crippen molar-refractivity contribution in [3.63, 3.8) is 0 Å². The van der Waals surface area contributed by atoms with Gasteiger partial charge in [-0.2, -0.15) is 0 Å². The normalized spacial score (nSPS) is 15.0. The molecule has 0 spiro atoms. The first-order valence-corrected chi connectivity index (χ1v) is 5.49. The summed E-state index contributed by atoms with van der Waals surface area (Å²) < 4.78 is 14.1. The van der Waals surface area contributed by atoms with Crippen molar-refractivity contribution in [1.82, 2.24) is 0 Å². The fraction of sp³-hybridized carbons (Fsp3) is 0.500. The zero-order valence-corrected chi connectivity index (χ0v) is 9.81. The lowest BCUT2D eigenvalue weighted by Crippen LogP contribution is -2.15. The van der Waals surface area contributed by atoms with Gasteiger partial charge in [-0.3, -0.25) is 0 Å². The minimum Gasteiger partial charge on any atom is -0.431 e. The smallest absolute Gasteiger partial charge is 0.431 e. The summed E-state index contributed by atoms with van der Waals surface area (Å²) in [5.41, 5.74) is 0.471. The Hall–Kier alpha value is -1.78. The minimum absolute atomic E-state index is 0.0231. The molecule has 1 fully saturated rings. The maximum atomic E-state index is 11.4. The highest BCUT2D eigenvalue weighted by molar-refractivity contribution is 5.88. The van der Waals surface area contributed by atoms with Gasteiger partial charge in [-0.1, -0.05) is 25.7 Å². The molecule has 0 radical (unpaired) electrons. The van der Waals surface area contributed by atoms with Crippen molar-refractivity contribution in [1.29, 1.82) is 0 Å². The van der Waals surface area contributed by atoms with Crippen LogP contribution < -0.4 is 0 Å². The van der Waals surface area contributed by atoms with Crippen LogP contribution in [0.25, 0.3) is 0 Å². The van der Waals surface area contributed by atoms with E-state index < -0.39 is 18.9 Å². The second-order valence-electron chi connectivity index (χ2n) is 3.54. The summed E-state index contributed by atoms with van der Waals surface area (Å²) in [6.07, 6.45) is 4.51. The lowest BCUT2D eigenvalue weighted by Gasteiger charge is -2.07. The third kappa shape index (κ3) is 5.19. The highest BCUT2D eigenvalue weighted by atomic mass is 16.8. The number of ether oxygens (including phenoxy) is 3. The molecule has 0 aliphatic heterocycles. The molecule has 0 atom stereocenters. The fourth-order valence-corrected chi connectivity index (χ4v) is 1.05. The van der Waals surface area contributed by atoms with Crippen LogP contribution in [0.15, 0.2) is 24.3 Å². The molecule has 0 aromatic heterocycles. The molecule has 0 saturated heterocycles. The molecule has 1 aliphatic rings. The topological polar surface area (TPSA) is 61.8 Å². The van der Waals surface area contributed by atoms with Crippen LogP contribution in [0.5, 0.6) is 0 Å². The zero-order valence-electron chi connectivity index (χ0n) is 9.81. The Morgan fingerprint density at radius 1 is 1.35 bits per heavy atom. The zero-order chi connectivity index (χ0) is 12.7. The molecule has 0 N–H and O–H groups in total. The van der Waals surface area contributed by atoms with E-state index in [9.17, 15) is 9.59 Å². The minimum atomic E-state index is -0.800. The lowest BCUT2D eigenvalue weighted by molar-refractivity contribution is -0.148. The Balaban J connectivity index is 2.20. The van der Waals surface area contributed by atoms with Crippen molar-refractivity contribution in [2.75, 3.05) is 6.79 Å². The van der Waals surface area contributed by atoms with Crippen LogP contribution in [0.1, 0.15) is 26.2 Å². The average molecular weight is 240 g/mol. The summed E-state index contributed by atoms with van der Waals surface area (Å²) in [5, 5.41) is 0. The standard InChI is InChI=1S/C12H16O5/c1-3-5-9(4-2)11(13)15-8-16-12(14)17-10-6-7-10/h3,5,10H,1,4,6-8H2,2H3. The van der Waals surface area contributed by atoms with Gasteiger partial charge in [-0.25, -0.2) is 9.59 Å². The molecular weight excluding hydrogens is 224 g/mol. The number of esters is 1. The molecule has 0 aromatic rings. The largest absolute Gasteiger partial charge is 0.511 e. The van der Waals surface area contributed by atoms with Crippen molar-refractivity contribution in [3.8, 4) is 0 Å². The van der Waals surface area contributed by atoms with Gasteiger partial charge in [0.05, 0.1) is 0 Å².